The number of rotatable bonds is 5. The van der Waals surface area contributed by atoms with Gasteiger partial charge in [-0.2, -0.15) is 0 Å². The van der Waals surface area contributed by atoms with E-state index in [1.807, 2.05) is 0 Å². The van der Waals surface area contributed by atoms with E-state index in [9.17, 15) is 0 Å². The molecule has 0 bridgehead atoms. The largest absolute Gasteiger partial charge is 0.357 e. The Morgan fingerprint density at radius 1 is 0.704 bits per heavy atom. The first kappa shape index (κ1) is 31.8. The molecule has 6 aliphatic rings. The van der Waals surface area contributed by atoms with Gasteiger partial charge in [0.25, 0.3) is 0 Å². The Bertz CT molecular complexity index is 2440. The van der Waals surface area contributed by atoms with E-state index in [0.717, 1.165) is 24.2 Å². The molecule has 2 aliphatic heterocycles. The van der Waals surface area contributed by atoms with Crippen LogP contribution in [-0.2, 0) is 6.42 Å². The molecule has 2 N–H and O–H groups in total. The van der Waals surface area contributed by atoms with Gasteiger partial charge in [0.1, 0.15) is 12.0 Å². The second-order valence-electron chi connectivity index (χ2n) is 15.7. The van der Waals surface area contributed by atoms with E-state index in [0.29, 0.717) is 29.8 Å². The minimum absolute atomic E-state index is 0.0960. The van der Waals surface area contributed by atoms with Crippen LogP contribution in [0, 0.1) is 17.8 Å². The molecule has 3 heterocycles. The first-order valence-electron chi connectivity index (χ1n) is 20.0. The van der Waals surface area contributed by atoms with Crippen LogP contribution in [0.1, 0.15) is 54.2 Å². The van der Waals surface area contributed by atoms with Crippen molar-refractivity contribution >= 4 is 39.3 Å². The van der Waals surface area contributed by atoms with Crippen molar-refractivity contribution in [3.63, 3.8) is 0 Å². The molecule has 0 saturated carbocycles. The Morgan fingerprint density at radius 2 is 1.50 bits per heavy atom. The van der Waals surface area contributed by atoms with Crippen molar-refractivity contribution in [1.29, 1.82) is 0 Å². The molecule has 0 radical (unpaired) electrons. The van der Waals surface area contributed by atoms with Crippen LogP contribution in [0.25, 0.3) is 33.4 Å². The van der Waals surface area contributed by atoms with Crippen LogP contribution in [0.15, 0.2) is 157 Å². The third kappa shape index (κ3) is 5.20. The van der Waals surface area contributed by atoms with Crippen LogP contribution in [-0.4, -0.2) is 28.7 Å². The summed E-state index contributed by atoms with van der Waals surface area (Å²) in [5, 5.41) is 11.6. The molecule has 1 fully saturated rings. The highest BCUT2D eigenvalue weighted by Gasteiger charge is 2.46. The van der Waals surface area contributed by atoms with Gasteiger partial charge in [0.15, 0.2) is 0 Å². The SMILES string of the molecule is C1=CC2C3C=CC=CC3N(c3cccc4cc5c(cc34)c3c(n5-c4ccc(C5=NC(c6ccccc6)NC(C6C=CCCC6)N5)cc4)CCC=C3)C2C=C1. The lowest BCUT2D eigenvalue weighted by Gasteiger charge is -2.36. The number of nitrogens with one attached hydrogen (secondary N) is 2. The lowest BCUT2D eigenvalue weighted by molar-refractivity contribution is 0.308. The number of fused-ring (bicyclic) bond motifs is 7. The molecule has 4 aliphatic carbocycles. The molecule has 4 aromatic carbocycles. The van der Waals surface area contributed by atoms with Gasteiger partial charge in [0, 0.05) is 56.7 Å². The quantitative estimate of drug-likeness (QED) is 0.179. The highest BCUT2D eigenvalue weighted by Crippen LogP contribution is 2.47. The maximum atomic E-state index is 5.24. The van der Waals surface area contributed by atoms with Crippen LogP contribution in [0.2, 0.25) is 0 Å². The number of allylic oxidation sites excluding steroid dienone is 6. The first-order chi connectivity index (χ1) is 26.8. The summed E-state index contributed by atoms with van der Waals surface area (Å²) in [5.74, 6) is 2.34. The fourth-order valence-electron chi connectivity index (χ4n) is 10.1. The third-order valence-corrected chi connectivity index (χ3v) is 12.7. The molecule has 7 atom stereocenters. The highest BCUT2D eigenvalue weighted by atomic mass is 15.3. The smallest absolute Gasteiger partial charge is 0.131 e. The predicted molar refractivity (Wildman–Crippen MR) is 224 cm³/mol. The van der Waals surface area contributed by atoms with Gasteiger partial charge >= 0.3 is 0 Å². The van der Waals surface area contributed by atoms with Crippen LogP contribution >= 0.6 is 0 Å². The molecule has 7 unspecified atom stereocenters. The first-order valence-corrected chi connectivity index (χ1v) is 20.0. The van der Waals surface area contributed by atoms with E-state index in [4.69, 9.17) is 4.99 Å². The second-order valence-corrected chi connectivity index (χ2v) is 15.7. The van der Waals surface area contributed by atoms with Gasteiger partial charge in [-0.1, -0.05) is 115 Å². The number of nitrogens with zero attached hydrogens (tertiary/aromatic N) is 3. The van der Waals surface area contributed by atoms with Crippen LogP contribution < -0.4 is 15.5 Å². The van der Waals surface area contributed by atoms with Crippen LogP contribution in [0.3, 0.4) is 0 Å². The van der Waals surface area contributed by atoms with Gasteiger partial charge < -0.3 is 14.8 Å². The Labute approximate surface area is 317 Å². The van der Waals surface area contributed by atoms with Gasteiger partial charge in [-0.25, -0.2) is 4.99 Å². The number of amidine groups is 1. The van der Waals surface area contributed by atoms with Crippen LogP contribution in [0.4, 0.5) is 5.69 Å². The molecule has 5 nitrogen and oxygen atoms in total. The third-order valence-electron chi connectivity index (χ3n) is 12.7. The van der Waals surface area contributed by atoms with Crippen molar-refractivity contribution in [2.75, 3.05) is 4.90 Å². The van der Waals surface area contributed by atoms with E-state index < -0.39 is 0 Å². The van der Waals surface area contributed by atoms with Gasteiger partial charge in [-0.3, -0.25) is 5.32 Å². The zero-order valence-corrected chi connectivity index (χ0v) is 30.4. The number of hydrogen-bond donors (Lipinski definition) is 2. The van der Waals surface area contributed by atoms with E-state index in [1.54, 1.807) is 0 Å². The summed E-state index contributed by atoms with van der Waals surface area (Å²) >= 11 is 0. The maximum absolute atomic E-state index is 5.24. The fourth-order valence-corrected chi connectivity index (χ4v) is 10.1. The van der Waals surface area contributed by atoms with Gasteiger partial charge in [0.2, 0.25) is 0 Å². The molecule has 0 amide bonds. The van der Waals surface area contributed by atoms with E-state index in [2.05, 4.69) is 178 Å². The fraction of sp³-hybridized carbons (Fsp3) is 0.245. The molecular formula is C49H45N5. The van der Waals surface area contributed by atoms with Crippen molar-refractivity contribution in [3.05, 3.63) is 174 Å². The summed E-state index contributed by atoms with van der Waals surface area (Å²) in [6, 6.07) is 32.3. The van der Waals surface area contributed by atoms with Gasteiger partial charge in [0.05, 0.1) is 23.8 Å². The summed E-state index contributed by atoms with van der Waals surface area (Å²) in [6.45, 7) is 0. The Balaban J connectivity index is 0.993. The molecule has 5 aromatic rings. The monoisotopic (exact) mass is 703 g/mol. The molecule has 11 rings (SSSR count). The minimum atomic E-state index is -0.0960. The average molecular weight is 704 g/mol. The molecule has 266 valence electrons. The summed E-state index contributed by atoms with van der Waals surface area (Å²) < 4.78 is 2.52. The van der Waals surface area contributed by atoms with Crippen molar-refractivity contribution < 1.29 is 0 Å². The number of hydrogen-bond acceptors (Lipinski definition) is 4. The average Bonchev–Trinajstić information content (AvgIpc) is 3.75. The molecule has 54 heavy (non-hydrogen) atoms. The van der Waals surface area contributed by atoms with Crippen molar-refractivity contribution in [2.24, 2.45) is 22.7 Å². The Kier molecular flexibility index (Phi) is 7.68. The van der Waals surface area contributed by atoms with Gasteiger partial charge in [-0.15, -0.1) is 0 Å². The van der Waals surface area contributed by atoms with Crippen molar-refractivity contribution in [1.82, 2.24) is 15.2 Å². The lowest BCUT2D eigenvalue weighted by atomic mass is 9.83. The van der Waals surface area contributed by atoms with E-state index in [1.165, 1.54) is 69.1 Å². The standard InChI is InChI=1S/C49H45N5/c1-3-14-32(15-4-1)47-50-48(33-16-5-2-6-17-33)52-49(51-47)34-26-28-36(29-27-34)53-42-22-10-9-21-39(42)41-31-40-35(30-46(41)53)18-13-25-45(40)54-43-23-11-7-19-37(43)38-20-8-12-24-44(38)54/h1,3-5,7-9,11-16,18-21,23-31,33,37-38,43-44,47-48,50H,2,6,10,17,22H2,(H,51,52). The summed E-state index contributed by atoms with van der Waals surface area (Å²) in [6.07, 6.45) is 33.7. The highest BCUT2D eigenvalue weighted by molar-refractivity contribution is 6.07. The molecule has 0 spiro atoms. The predicted octanol–water partition coefficient (Wildman–Crippen LogP) is 10.1. The van der Waals surface area contributed by atoms with Crippen molar-refractivity contribution in [3.8, 4) is 5.69 Å². The van der Waals surface area contributed by atoms with E-state index >= 15 is 0 Å². The summed E-state index contributed by atoms with van der Waals surface area (Å²) in [4.78, 5) is 7.93. The number of benzene rings is 4. The van der Waals surface area contributed by atoms with Crippen LogP contribution in [0.5, 0.6) is 0 Å². The Hall–Kier alpha value is -5.65. The minimum Gasteiger partial charge on any atom is -0.357 e. The second kappa shape index (κ2) is 13.0. The molecule has 1 aromatic heterocycles. The number of aromatic nitrogens is 1. The van der Waals surface area contributed by atoms with Gasteiger partial charge in [-0.05, 0) is 85.5 Å². The Morgan fingerprint density at radius 3 is 2.28 bits per heavy atom. The summed E-state index contributed by atoms with van der Waals surface area (Å²) in [7, 11) is 0. The number of anilines is 1. The zero-order chi connectivity index (χ0) is 35.6. The molecule has 5 heteroatoms. The normalized spacial score (nSPS) is 27.9. The maximum Gasteiger partial charge on any atom is 0.131 e. The summed E-state index contributed by atoms with van der Waals surface area (Å²) in [5.41, 5.74) is 8.85. The lowest BCUT2D eigenvalue weighted by Crippen LogP contribution is -2.54. The van der Waals surface area contributed by atoms with E-state index in [-0.39, 0.29) is 12.3 Å². The topological polar surface area (TPSA) is 44.6 Å². The zero-order valence-electron chi connectivity index (χ0n) is 30.4. The molecular weight excluding hydrogens is 659 g/mol. The number of aliphatic imine (C=N–C) groups is 1. The van der Waals surface area contributed by atoms with Crippen molar-refractivity contribution in [2.45, 2.75) is 56.5 Å². The molecule has 1 saturated heterocycles.